The van der Waals surface area contributed by atoms with E-state index in [9.17, 15) is 4.79 Å². The molecular formula is C19H37Cl2N3O. The van der Waals surface area contributed by atoms with E-state index in [-0.39, 0.29) is 24.8 Å². The first-order chi connectivity index (χ1) is 11.2. The van der Waals surface area contributed by atoms with Crippen LogP contribution in [0.3, 0.4) is 0 Å². The molecule has 0 aromatic rings. The minimum Gasteiger partial charge on any atom is -0.343 e. The minimum atomic E-state index is 0. The van der Waals surface area contributed by atoms with E-state index in [0.29, 0.717) is 17.7 Å². The van der Waals surface area contributed by atoms with Gasteiger partial charge in [-0.25, -0.2) is 0 Å². The molecule has 3 aliphatic heterocycles. The third-order valence-electron chi connectivity index (χ3n) is 6.34. The zero-order chi connectivity index (χ0) is 16.1. The molecule has 148 valence electrons. The monoisotopic (exact) mass is 393 g/mol. The van der Waals surface area contributed by atoms with Crippen molar-refractivity contribution in [3.63, 3.8) is 0 Å². The Morgan fingerprint density at radius 2 is 1.76 bits per heavy atom. The van der Waals surface area contributed by atoms with Crippen molar-refractivity contribution < 1.29 is 4.79 Å². The van der Waals surface area contributed by atoms with E-state index in [1.807, 2.05) is 0 Å². The number of likely N-dealkylation sites (tertiary alicyclic amines) is 2. The molecule has 3 saturated heterocycles. The van der Waals surface area contributed by atoms with Gasteiger partial charge in [-0.05, 0) is 83.0 Å². The van der Waals surface area contributed by atoms with Crippen molar-refractivity contribution in [1.29, 1.82) is 0 Å². The Bertz CT molecular complexity index is 385. The Morgan fingerprint density at radius 1 is 1.00 bits per heavy atom. The SMILES string of the molecule is CC(CC(=O)N1CCCC(N2CCCC2)CC1)C1CCCNC1.Cl.Cl. The molecule has 3 unspecified atom stereocenters. The Kier molecular flexibility index (Phi) is 10.7. The van der Waals surface area contributed by atoms with Crippen LogP contribution in [0.4, 0.5) is 0 Å². The van der Waals surface area contributed by atoms with E-state index >= 15 is 0 Å². The van der Waals surface area contributed by atoms with E-state index in [0.717, 1.165) is 38.6 Å². The summed E-state index contributed by atoms with van der Waals surface area (Å²) in [5.74, 6) is 1.62. The van der Waals surface area contributed by atoms with Crippen LogP contribution in [0.25, 0.3) is 0 Å². The fourth-order valence-electron chi connectivity index (χ4n) is 4.74. The lowest BCUT2D eigenvalue weighted by atomic mass is 9.85. The zero-order valence-corrected chi connectivity index (χ0v) is 17.4. The number of carbonyl (C=O) groups excluding carboxylic acids is 1. The van der Waals surface area contributed by atoms with Gasteiger partial charge in [0.15, 0.2) is 0 Å². The average Bonchev–Trinajstić information content (AvgIpc) is 3.00. The number of hydrogen-bond donors (Lipinski definition) is 1. The molecule has 3 rings (SSSR count). The highest BCUT2D eigenvalue weighted by Crippen LogP contribution is 2.25. The molecule has 3 fully saturated rings. The molecule has 0 spiro atoms. The first-order valence-electron chi connectivity index (χ1n) is 9.96. The Balaban J connectivity index is 0.00000156. The highest BCUT2D eigenvalue weighted by molar-refractivity contribution is 5.85. The van der Waals surface area contributed by atoms with E-state index in [2.05, 4.69) is 22.0 Å². The molecule has 0 aromatic carbocycles. The van der Waals surface area contributed by atoms with Crippen molar-refractivity contribution in [3.05, 3.63) is 0 Å². The quantitative estimate of drug-likeness (QED) is 0.795. The lowest BCUT2D eigenvalue weighted by Crippen LogP contribution is -2.38. The summed E-state index contributed by atoms with van der Waals surface area (Å²) in [7, 11) is 0. The molecular weight excluding hydrogens is 357 g/mol. The number of halogens is 2. The third-order valence-corrected chi connectivity index (χ3v) is 6.34. The minimum absolute atomic E-state index is 0. The molecule has 0 saturated carbocycles. The molecule has 6 heteroatoms. The molecule has 0 aliphatic carbocycles. The fourth-order valence-corrected chi connectivity index (χ4v) is 4.74. The van der Waals surface area contributed by atoms with Gasteiger partial charge >= 0.3 is 0 Å². The van der Waals surface area contributed by atoms with Gasteiger partial charge in [-0.15, -0.1) is 24.8 Å². The first kappa shape index (κ1) is 23.0. The van der Waals surface area contributed by atoms with Crippen LogP contribution in [0.1, 0.15) is 58.3 Å². The standard InChI is InChI=1S/C19H35N3O.2ClH/c1-16(17-6-4-9-20-15-17)14-19(23)22-12-5-7-18(8-13-22)21-10-2-3-11-21;;/h16-18,20H,2-15H2,1H3;2*1H. The molecule has 3 atom stereocenters. The van der Waals surface area contributed by atoms with Crippen LogP contribution in [-0.4, -0.2) is 61.0 Å². The molecule has 1 N–H and O–H groups in total. The largest absolute Gasteiger partial charge is 0.343 e. The van der Waals surface area contributed by atoms with Crippen molar-refractivity contribution in [2.24, 2.45) is 11.8 Å². The van der Waals surface area contributed by atoms with E-state index in [1.165, 1.54) is 58.0 Å². The summed E-state index contributed by atoms with van der Waals surface area (Å²) in [6.07, 6.45) is 9.70. The predicted octanol–water partition coefficient (Wildman–Crippen LogP) is 3.33. The van der Waals surface area contributed by atoms with Crippen LogP contribution in [-0.2, 0) is 4.79 Å². The van der Waals surface area contributed by atoms with E-state index in [1.54, 1.807) is 0 Å². The Hall–Kier alpha value is -0.0300. The second-order valence-electron chi connectivity index (χ2n) is 8.00. The molecule has 3 aliphatic rings. The summed E-state index contributed by atoms with van der Waals surface area (Å²) in [5.41, 5.74) is 0. The normalized spacial score (nSPS) is 29.2. The van der Waals surface area contributed by atoms with Gasteiger partial charge in [0.2, 0.25) is 5.91 Å². The van der Waals surface area contributed by atoms with Gasteiger partial charge in [0, 0.05) is 25.6 Å². The smallest absolute Gasteiger partial charge is 0.222 e. The average molecular weight is 394 g/mol. The molecule has 1 amide bonds. The number of piperidine rings is 1. The number of nitrogens with one attached hydrogen (secondary N) is 1. The summed E-state index contributed by atoms with van der Waals surface area (Å²) >= 11 is 0. The van der Waals surface area contributed by atoms with E-state index < -0.39 is 0 Å². The number of hydrogen-bond acceptors (Lipinski definition) is 3. The molecule has 25 heavy (non-hydrogen) atoms. The van der Waals surface area contributed by atoms with Gasteiger partial charge in [0.1, 0.15) is 0 Å². The number of carbonyl (C=O) groups is 1. The number of amides is 1. The van der Waals surface area contributed by atoms with Crippen LogP contribution in [0, 0.1) is 11.8 Å². The van der Waals surface area contributed by atoms with E-state index in [4.69, 9.17) is 0 Å². The zero-order valence-electron chi connectivity index (χ0n) is 15.8. The van der Waals surface area contributed by atoms with Crippen molar-refractivity contribution in [2.75, 3.05) is 39.3 Å². The molecule has 3 heterocycles. The van der Waals surface area contributed by atoms with Crippen molar-refractivity contribution in [3.8, 4) is 0 Å². The second-order valence-corrected chi connectivity index (χ2v) is 8.00. The number of rotatable bonds is 4. The fraction of sp³-hybridized carbons (Fsp3) is 0.947. The highest BCUT2D eigenvalue weighted by Gasteiger charge is 2.28. The molecule has 4 nitrogen and oxygen atoms in total. The van der Waals surface area contributed by atoms with Crippen LogP contribution < -0.4 is 5.32 Å². The highest BCUT2D eigenvalue weighted by atomic mass is 35.5. The van der Waals surface area contributed by atoms with Crippen molar-refractivity contribution in [2.45, 2.75) is 64.3 Å². The molecule has 0 bridgehead atoms. The summed E-state index contributed by atoms with van der Waals surface area (Å²) < 4.78 is 0. The lowest BCUT2D eigenvalue weighted by Gasteiger charge is -2.30. The summed E-state index contributed by atoms with van der Waals surface area (Å²) in [4.78, 5) is 17.6. The summed E-state index contributed by atoms with van der Waals surface area (Å²) in [6, 6.07) is 0.732. The summed E-state index contributed by atoms with van der Waals surface area (Å²) in [6.45, 7) is 9.07. The second kappa shape index (κ2) is 11.6. The maximum Gasteiger partial charge on any atom is 0.222 e. The van der Waals surface area contributed by atoms with Gasteiger partial charge in [-0.2, -0.15) is 0 Å². The van der Waals surface area contributed by atoms with Crippen molar-refractivity contribution >= 4 is 30.7 Å². The predicted molar refractivity (Wildman–Crippen MR) is 109 cm³/mol. The van der Waals surface area contributed by atoms with Gasteiger partial charge < -0.3 is 15.1 Å². The van der Waals surface area contributed by atoms with Crippen LogP contribution in [0.15, 0.2) is 0 Å². The van der Waals surface area contributed by atoms with Gasteiger partial charge in [-0.3, -0.25) is 4.79 Å². The maximum absolute atomic E-state index is 12.7. The third kappa shape index (κ3) is 6.57. The lowest BCUT2D eigenvalue weighted by molar-refractivity contribution is -0.132. The maximum atomic E-state index is 12.7. The van der Waals surface area contributed by atoms with Crippen LogP contribution in [0.2, 0.25) is 0 Å². The summed E-state index contributed by atoms with van der Waals surface area (Å²) in [5, 5.41) is 3.49. The first-order valence-corrected chi connectivity index (χ1v) is 9.96. The molecule has 0 radical (unpaired) electrons. The van der Waals surface area contributed by atoms with Crippen molar-refractivity contribution in [1.82, 2.24) is 15.1 Å². The number of nitrogens with zero attached hydrogens (tertiary/aromatic N) is 2. The van der Waals surface area contributed by atoms with Crippen LogP contribution >= 0.6 is 24.8 Å². The molecule has 0 aromatic heterocycles. The Morgan fingerprint density at radius 3 is 2.44 bits per heavy atom. The van der Waals surface area contributed by atoms with Gasteiger partial charge in [0.05, 0.1) is 0 Å². The van der Waals surface area contributed by atoms with Crippen LogP contribution in [0.5, 0.6) is 0 Å². The van der Waals surface area contributed by atoms with Gasteiger partial charge in [-0.1, -0.05) is 6.92 Å². The topological polar surface area (TPSA) is 35.6 Å². The van der Waals surface area contributed by atoms with Gasteiger partial charge in [0.25, 0.3) is 0 Å². The Labute approximate surface area is 166 Å².